The summed E-state index contributed by atoms with van der Waals surface area (Å²) >= 11 is 0. The van der Waals surface area contributed by atoms with Gasteiger partial charge in [-0.2, -0.15) is 4.73 Å². The largest absolute Gasteiger partial charge is 0.391 e. The normalized spacial score (nSPS) is 13.8. The molecule has 14 nitrogen and oxygen atoms in total. The van der Waals surface area contributed by atoms with Crippen LogP contribution in [0.25, 0.3) is 0 Å². The zero-order valence-corrected chi connectivity index (χ0v) is 16.9. The first-order valence-corrected chi connectivity index (χ1v) is 9.53. The van der Waals surface area contributed by atoms with Crippen LogP contribution in [0.4, 0.5) is 0 Å². The lowest BCUT2D eigenvalue weighted by molar-refractivity contribution is -0.161. The highest BCUT2D eigenvalue weighted by molar-refractivity contribution is 5.90. The third kappa shape index (κ3) is 6.31. The molecule has 0 saturated carbocycles. The third-order valence-corrected chi connectivity index (χ3v) is 4.34. The second kappa shape index (κ2) is 10.4. The lowest BCUT2D eigenvalue weighted by atomic mass is 10.1. The number of nitrogens with two attached hydrogens (primary N) is 3. The Kier molecular flexibility index (Phi) is 7.43. The molecule has 0 aliphatic rings. The van der Waals surface area contributed by atoms with Crippen molar-refractivity contribution in [2.24, 2.45) is 17.2 Å². The summed E-state index contributed by atoms with van der Waals surface area (Å²) in [6.07, 6.45) is 8.84. The number of carbonyl (C=O) groups excluding carboxylic acids is 3. The molecule has 0 amide bonds. The molecule has 14 heteroatoms. The van der Waals surface area contributed by atoms with Crippen LogP contribution in [0.2, 0.25) is 0 Å². The summed E-state index contributed by atoms with van der Waals surface area (Å²) in [6.45, 7) is 0. The van der Waals surface area contributed by atoms with Gasteiger partial charge < -0.3 is 36.7 Å². The molecule has 8 N–H and O–H groups in total. The number of H-pyrrole nitrogens is 2. The topological polar surface area (TPSA) is 223 Å². The molecule has 3 atom stereocenters. The van der Waals surface area contributed by atoms with Crippen LogP contribution >= 0.6 is 0 Å². The van der Waals surface area contributed by atoms with Gasteiger partial charge in [-0.15, -0.1) is 0 Å². The molecule has 0 aromatic carbocycles. The maximum absolute atomic E-state index is 12.1. The van der Waals surface area contributed by atoms with Crippen LogP contribution in [-0.2, 0) is 38.4 Å². The van der Waals surface area contributed by atoms with Crippen molar-refractivity contribution in [1.29, 1.82) is 0 Å². The minimum absolute atomic E-state index is 0.0628. The van der Waals surface area contributed by atoms with Crippen molar-refractivity contribution in [3.63, 3.8) is 0 Å². The number of carbonyl (C=O) groups is 3. The van der Waals surface area contributed by atoms with E-state index in [1.165, 1.54) is 31.4 Å². The highest BCUT2D eigenvalue weighted by Crippen LogP contribution is 2.04. The average Bonchev–Trinajstić information content (AvgIpc) is 3.52. The zero-order chi connectivity index (χ0) is 23.1. The minimum atomic E-state index is -1.18. The number of rotatable bonds is 10. The van der Waals surface area contributed by atoms with Crippen molar-refractivity contribution in [2.45, 2.75) is 37.4 Å². The fraction of sp³-hybridized carbons (Fsp3) is 0.333. The average molecular weight is 445 g/mol. The van der Waals surface area contributed by atoms with E-state index in [2.05, 4.69) is 24.9 Å². The van der Waals surface area contributed by atoms with E-state index in [4.69, 9.17) is 26.8 Å². The Hall–Kier alpha value is -3.88. The lowest BCUT2D eigenvalue weighted by Gasteiger charge is -2.12. The summed E-state index contributed by atoms with van der Waals surface area (Å²) in [6, 6.07) is -3.16. The van der Waals surface area contributed by atoms with Gasteiger partial charge in [0.1, 0.15) is 24.5 Å². The van der Waals surface area contributed by atoms with Gasteiger partial charge in [-0.05, 0) is 0 Å². The van der Waals surface area contributed by atoms with E-state index in [0.29, 0.717) is 17.1 Å². The molecule has 0 saturated heterocycles. The molecular formula is C18H23N9O5. The fourth-order valence-corrected chi connectivity index (χ4v) is 2.66. The smallest absolute Gasteiger partial charge is 0.349 e. The Morgan fingerprint density at radius 3 is 1.94 bits per heavy atom. The summed E-state index contributed by atoms with van der Waals surface area (Å²) in [5, 5.41) is 0. The van der Waals surface area contributed by atoms with Gasteiger partial charge in [0.2, 0.25) is 0 Å². The van der Waals surface area contributed by atoms with E-state index in [1.807, 2.05) is 0 Å². The van der Waals surface area contributed by atoms with Crippen molar-refractivity contribution in [3.8, 4) is 0 Å². The molecule has 0 spiro atoms. The first kappa shape index (κ1) is 22.8. The molecule has 0 unspecified atom stereocenters. The monoisotopic (exact) mass is 445 g/mol. The van der Waals surface area contributed by atoms with Crippen molar-refractivity contribution >= 4 is 17.9 Å². The summed E-state index contributed by atoms with van der Waals surface area (Å²) < 4.78 is 5.79. The molecule has 0 fully saturated rings. The quantitative estimate of drug-likeness (QED) is 0.160. The Labute approximate surface area is 181 Å². The van der Waals surface area contributed by atoms with Gasteiger partial charge in [-0.25, -0.2) is 29.3 Å². The number of aromatic nitrogens is 6. The number of aromatic amines is 2. The van der Waals surface area contributed by atoms with E-state index in [0.717, 1.165) is 4.73 Å². The van der Waals surface area contributed by atoms with Gasteiger partial charge in [0.15, 0.2) is 0 Å². The SMILES string of the molecule is N[C@@H](Cc1cn(OC(=O)[C@@H](N)Cc2cnc[nH]2)cn1)C(=O)OC(=O)[C@@H](N)Cc1cnc[nH]1. The molecule has 0 aliphatic heterocycles. The molecule has 0 bridgehead atoms. The molecule has 3 aromatic rings. The van der Waals surface area contributed by atoms with Crippen LogP contribution in [-0.4, -0.2) is 65.7 Å². The fourth-order valence-electron chi connectivity index (χ4n) is 2.66. The van der Waals surface area contributed by atoms with Gasteiger partial charge in [-0.1, -0.05) is 0 Å². The van der Waals surface area contributed by atoms with E-state index >= 15 is 0 Å². The molecule has 3 heterocycles. The maximum Gasteiger partial charge on any atom is 0.349 e. The van der Waals surface area contributed by atoms with E-state index in [1.54, 1.807) is 6.20 Å². The highest BCUT2D eigenvalue weighted by atomic mass is 16.7. The van der Waals surface area contributed by atoms with Crippen molar-refractivity contribution in [2.75, 3.05) is 0 Å². The predicted octanol–water partition coefficient (Wildman–Crippen LogP) is -2.64. The van der Waals surface area contributed by atoms with Crippen LogP contribution in [0.3, 0.4) is 0 Å². The Bertz CT molecular complexity index is 1030. The Balaban J connectivity index is 1.45. The van der Waals surface area contributed by atoms with Crippen LogP contribution in [0.15, 0.2) is 37.6 Å². The highest BCUT2D eigenvalue weighted by Gasteiger charge is 2.25. The van der Waals surface area contributed by atoms with E-state index in [-0.39, 0.29) is 19.3 Å². The first-order valence-electron chi connectivity index (χ1n) is 9.53. The van der Waals surface area contributed by atoms with Gasteiger partial charge >= 0.3 is 17.9 Å². The first-order chi connectivity index (χ1) is 15.3. The van der Waals surface area contributed by atoms with Crippen molar-refractivity contribution in [3.05, 3.63) is 54.7 Å². The molecule has 0 aliphatic carbocycles. The number of esters is 2. The van der Waals surface area contributed by atoms with E-state index < -0.39 is 36.0 Å². The molecule has 0 radical (unpaired) electrons. The number of nitrogens with zero attached hydrogens (tertiary/aromatic N) is 4. The zero-order valence-electron chi connectivity index (χ0n) is 16.9. The Morgan fingerprint density at radius 1 is 0.875 bits per heavy atom. The van der Waals surface area contributed by atoms with Crippen LogP contribution < -0.4 is 22.0 Å². The standard InChI is InChI=1S/C18H23N9O5/c19-13(1-10-4-22-7-24-10)16(28)31-17(29)14(20)3-12-6-27(9-26-12)32-18(30)15(21)2-11-5-23-8-25-11/h4-9,13-15H,1-3,19-21H2,(H,22,24)(H,23,25)/t13-,14-,15-/m0/s1. The second-order valence-corrected chi connectivity index (χ2v) is 6.96. The molecule has 3 rings (SSSR count). The predicted molar refractivity (Wildman–Crippen MR) is 107 cm³/mol. The molecular weight excluding hydrogens is 422 g/mol. The minimum Gasteiger partial charge on any atom is -0.391 e. The van der Waals surface area contributed by atoms with Crippen LogP contribution in [0, 0.1) is 0 Å². The number of imidazole rings is 3. The van der Waals surface area contributed by atoms with Crippen molar-refractivity contribution in [1.82, 2.24) is 29.7 Å². The summed E-state index contributed by atoms with van der Waals surface area (Å²) in [5.41, 5.74) is 19.0. The van der Waals surface area contributed by atoms with Gasteiger partial charge in [0.05, 0.1) is 24.5 Å². The molecule has 170 valence electrons. The van der Waals surface area contributed by atoms with E-state index in [9.17, 15) is 14.4 Å². The number of nitrogens with one attached hydrogen (secondary N) is 2. The third-order valence-electron chi connectivity index (χ3n) is 4.34. The number of hydrogen-bond donors (Lipinski definition) is 5. The van der Waals surface area contributed by atoms with Gasteiger partial charge in [0.25, 0.3) is 0 Å². The molecule has 3 aromatic heterocycles. The lowest BCUT2D eigenvalue weighted by Crippen LogP contribution is -2.41. The van der Waals surface area contributed by atoms with Gasteiger partial charge in [-0.3, -0.25) is 0 Å². The maximum atomic E-state index is 12.1. The van der Waals surface area contributed by atoms with Crippen LogP contribution in [0.1, 0.15) is 17.1 Å². The van der Waals surface area contributed by atoms with Crippen molar-refractivity contribution < 1.29 is 24.0 Å². The second-order valence-electron chi connectivity index (χ2n) is 6.96. The van der Waals surface area contributed by atoms with Gasteiger partial charge in [0, 0.05) is 43.0 Å². The number of hydrogen-bond acceptors (Lipinski definition) is 11. The summed E-state index contributed by atoms with van der Waals surface area (Å²) in [4.78, 5) is 58.6. The number of ether oxygens (including phenoxy) is 1. The Morgan fingerprint density at radius 2 is 1.41 bits per heavy atom. The van der Waals surface area contributed by atoms with Crippen LogP contribution in [0.5, 0.6) is 0 Å². The molecule has 32 heavy (non-hydrogen) atoms. The summed E-state index contributed by atoms with van der Waals surface area (Å²) in [5.74, 6) is -2.56. The summed E-state index contributed by atoms with van der Waals surface area (Å²) in [7, 11) is 0.